The SMILES string of the molecule is Cc1cc(-c2cc(-c3cccc(-c4nc5ccccn5c4-c4ccccc4)c3)cc(-c3cccc4ccccc34)c2)cc(C)n1.c1ccc(-c2nc(-c3ccccc3)nc(-c3cc(-c4cccc(-c5nc6ccccn6c5-c5ccccc5)c4)cc(-c4ccccn4)c3)n2)cc1.c1ccc(-c2nc(-c3ccccc3)nc(-c3cc(-c4cccnc4)cc(-c4cccc(-c5nc6ccccn6c5-c5ccccc5)c4)c3)n2)cc1. The van der Waals surface area contributed by atoms with E-state index in [1.807, 2.05) is 213 Å². The van der Waals surface area contributed by atoms with Gasteiger partial charge in [0.2, 0.25) is 0 Å². The summed E-state index contributed by atoms with van der Waals surface area (Å²) < 4.78 is 6.51. The van der Waals surface area contributed by atoms with Gasteiger partial charge in [-0.2, -0.15) is 0 Å². The average molecular weight is 1890 g/mol. The molecule has 0 saturated carbocycles. The zero-order chi connectivity index (χ0) is 98.3. The fraction of sp³-hybridized carbons (Fsp3) is 0.0152. The number of aryl methyl sites for hydroxylation is 2. The number of nitrogens with zero attached hydrogens (tertiary/aromatic N) is 15. The van der Waals surface area contributed by atoms with E-state index in [9.17, 15) is 0 Å². The van der Waals surface area contributed by atoms with Crippen molar-refractivity contribution in [2.75, 3.05) is 0 Å². The number of hydrogen-bond donors (Lipinski definition) is 0. The average Bonchev–Trinajstić information content (AvgIpc) is 1.54. The number of imidazole rings is 3. The van der Waals surface area contributed by atoms with E-state index >= 15 is 0 Å². The molecule has 11 aromatic heterocycles. The number of fused-ring (bicyclic) bond motifs is 4. The number of aromatic nitrogens is 15. The summed E-state index contributed by atoms with van der Waals surface area (Å²) in [5.74, 6) is 3.66. The Labute approximate surface area is 850 Å². The van der Waals surface area contributed by atoms with Crippen molar-refractivity contribution in [3.8, 4) is 214 Å². The van der Waals surface area contributed by atoms with Gasteiger partial charge in [0.1, 0.15) is 16.9 Å². The summed E-state index contributed by atoms with van der Waals surface area (Å²) >= 11 is 0. The van der Waals surface area contributed by atoms with Gasteiger partial charge in [0.25, 0.3) is 0 Å². The van der Waals surface area contributed by atoms with E-state index in [1.54, 1.807) is 6.20 Å². The van der Waals surface area contributed by atoms with Gasteiger partial charge in [-0.3, -0.25) is 28.2 Å². The zero-order valence-electron chi connectivity index (χ0n) is 80.3. The molecule has 11 heterocycles. The second kappa shape index (κ2) is 40.4. The van der Waals surface area contributed by atoms with Crippen LogP contribution < -0.4 is 0 Å². The molecule has 694 valence electrons. The highest BCUT2D eigenvalue weighted by Crippen LogP contribution is 2.45. The first kappa shape index (κ1) is 89.7. The molecule has 26 aromatic rings. The van der Waals surface area contributed by atoms with E-state index in [-0.39, 0.29) is 0 Å². The van der Waals surface area contributed by atoms with Crippen LogP contribution in [0, 0.1) is 13.8 Å². The van der Waals surface area contributed by atoms with Crippen molar-refractivity contribution in [3.63, 3.8) is 0 Å². The molecule has 0 bridgehead atoms. The molecule has 0 aliphatic carbocycles. The molecule has 0 fully saturated rings. The first-order valence-electron chi connectivity index (χ1n) is 49.0. The topological polar surface area (TPSA) is 168 Å². The van der Waals surface area contributed by atoms with Gasteiger partial charge in [-0.15, -0.1) is 0 Å². The van der Waals surface area contributed by atoms with Crippen LogP contribution in [-0.4, -0.2) is 73.0 Å². The Morgan fingerprint density at radius 3 is 0.850 bits per heavy atom. The Morgan fingerprint density at radius 2 is 0.463 bits per heavy atom. The Bertz CT molecular complexity index is 8780. The molecule has 0 atom stereocenters. The maximum absolute atomic E-state index is 5.13. The standard InChI is InChI=1S/2C45H30N6.C42H31N3/c1-4-15-31(16-5-1)42-41(47-40-24-11-13-26-51(40)42)35-22-14-21-34(27-35)36-28-37(39-23-10-12-25-46-39)30-38(29-36)45-49-43(32-17-6-2-7-18-32)48-44(50-45)33-19-8-3-9-20-33;1-4-14-31(15-5-1)42-41(47-40-23-10-11-25-51(40)42)35-21-12-20-34(26-35)37-27-38(36-22-13-24-46-30-36)29-39(28-37)45-49-43(32-16-6-2-7-17-32)48-44(50-45)33-18-8-3-9-19-33;1-28-22-34(23-29(2)43-28)36-25-35(26-37(27-36)39-19-11-15-30-12-6-7-18-38(30)39)32-16-10-17-33(24-32)41-42(31-13-4-3-5-14-31)45-21-9-8-20-40(45)44-41/h2*1-30H;3-27H,1-2H3. The lowest BCUT2D eigenvalue weighted by Crippen LogP contribution is -2.00. The normalized spacial score (nSPS) is 11.2. The number of rotatable bonds is 19. The fourth-order valence-electron chi connectivity index (χ4n) is 19.4. The lowest BCUT2D eigenvalue weighted by Gasteiger charge is -2.14. The van der Waals surface area contributed by atoms with Gasteiger partial charge in [-0.05, 0) is 225 Å². The molecule has 15 heteroatoms. The van der Waals surface area contributed by atoms with Crippen LogP contribution in [0.3, 0.4) is 0 Å². The molecule has 0 radical (unpaired) electrons. The van der Waals surface area contributed by atoms with Crippen LogP contribution in [0.15, 0.2) is 516 Å². The van der Waals surface area contributed by atoms with Crippen LogP contribution >= 0.6 is 0 Å². The molecule has 0 unspecified atom stereocenters. The van der Waals surface area contributed by atoms with Gasteiger partial charge in [-0.1, -0.05) is 340 Å². The van der Waals surface area contributed by atoms with Crippen molar-refractivity contribution in [2.24, 2.45) is 0 Å². The highest BCUT2D eigenvalue weighted by molar-refractivity contribution is 5.99. The molecule has 0 aliphatic heterocycles. The second-order valence-electron chi connectivity index (χ2n) is 36.1. The number of pyridine rings is 6. The van der Waals surface area contributed by atoms with Crippen molar-refractivity contribution in [1.29, 1.82) is 0 Å². The van der Waals surface area contributed by atoms with Crippen molar-refractivity contribution < 1.29 is 0 Å². The molecule has 0 amide bonds. The Hall–Kier alpha value is -19.9. The monoisotopic (exact) mass is 1890 g/mol. The smallest absolute Gasteiger partial charge is 0.164 e. The van der Waals surface area contributed by atoms with Crippen molar-refractivity contribution in [2.45, 2.75) is 13.8 Å². The molecular formula is C132H91N15. The van der Waals surface area contributed by atoms with E-state index in [4.69, 9.17) is 49.8 Å². The molecular weight excluding hydrogens is 1800 g/mol. The van der Waals surface area contributed by atoms with Crippen LogP contribution in [0.1, 0.15) is 11.4 Å². The van der Waals surface area contributed by atoms with Crippen molar-refractivity contribution in [1.82, 2.24) is 73.0 Å². The van der Waals surface area contributed by atoms with Gasteiger partial charge in [0.15, 0.2) is 34.9 Å². The maximum atomic E-state index is 5.13. The van der Waals surface area contributed by atoms with Gasteiger partial charge in [0.05, 0.1) is 39.9 Å². The van der Waals surface area contributed by atoms with Gasteiger partial charge in [-0.25, -0.2) is 44.9 Å². The minimum Gasteiger partial charge on any atom is -0.299 e. The molecule has 0 spiro atoms. The highest BCUT2D eigenvalue weighted by Gasteiger charge is 2.25. The van der Waals surface area contributed by atoms with Crippen LogP contribution in [0.2, 0.25) is 0 Å². The van der Waals surface area contributed by atoms with Crippen LogP contribution in [-0.2, 0) is 0 Å². The van der Waals surface area contributed by atoms with E-state index < -0.39 is 0 Å². The minimum atomic E-state index is 0.588. The van der Waals surface area contributed by atoms with E-state index in [0.29, 0.717) is 34.9 Å². The molecule has 0 N–H and O–H groups in total. The summed E-state index contributed by atoms with van der Waals surface area (Å²) in [7, 11) is 0. The Kier molecular flexibility index (Phi) is 24.6. The van der Waals surface area contributed by atoms with Crippen molar-refractivity contribution in [3.05, 3.63) is 528 Å². The highest BCUT2D eigenvalue weighted by atomic mass is 15.1. The first-order chi connectivity index (χ1) is 72.6. The van der Waals surface area contributed by atoms with Gasteiger partial charge < -0.3 is 0 Å². The third-order valence-electron chi connectivity index (χ3n) is 26.3. The van der Waals surface area contributed by atoms with Gasteiger partial charge in [0, 0.05) is 126 Å². The van der Waals surface area contributed by atoms with Crippen LogP contribution in [0.5, 0.6) is 0 Å². The fourth-order valence-corrected chi connectivity index (χ4v) is 19.4. The third-order valence-corrected chi connectivity index (χ3v) is 26.3. The Morgan fingerprint density at radius 1 is 0.177 bits per heavy atom. The summed E-state index contributed by atoms with van der Waals surface area (Å²) in [5, 5.41) is 2.48. The van der Waals surface area contributed by atoms with Crippen LogP contribution in [0.4, 0.5) is 0 Å². The molecule has 147 heavy (non-hydrogen) atoms. The summed E-state index contributed by atoms with van der Waals surface area (Å²) in [6, 6.07) is 165. The van der Waals surface area contributed by atoms with E-state index in [0.717, 1.165) is 185 Å². The first-order valence-corrected chi connectivity index (χ1v) is 49.0. The van der Waals surface area contributed by atoms with Crippen LogP contribution in [0.25, 0.3) is 242 Å². The summed E-state index contributed by atoms with van der Waals surface area (Å²) in [6.45, 7) is 4.13. The predicted molar refractivity (Wildman–Crippen MR) is 596 cm³/mol. The molecule has 0 saturated heterocycles. The third kappa shape index (κ3) is 19.0. The van der Waals surface area contributed by atoms with E-state index in [2.05, 4.69) is 335 Å². The summed E-state index contributed by atoms with van der Waals surface area (Å²) in [4.78, 5) is 59.2. The quantitative estimate of drug-likeness (QED) is 0.0752. The van der Waals surface area contributed by atoms with Gasteiger partial charge >= 0.3 is 0 Å². The van der Waals surface area contributed by atoms with Crippen molar-refractivity contribution >= 4 is 27.7 Å². The summed E-state index contributed by atoms with van der Waals surface area (Å²) in [6.07, 6.45) is 11.7. The maximum Gasteiger partial charge on any atom is 0.164 e. The minimum absolute atomic E-state index is 0.588. The second-order valence-corrected chi connectivity index (χ2v) is 36.1. The zero-order valence-corrected chi connectivity index (χ0v) is 80.3. The summed E-state index contributed by atoms with van der Waals surface area (Å²) in [5.41, 5.74) is 37.8. The lowest BCUT2D eigenvalue weighted by atomic mass is 9.90. The number of hydrogen-bond acceptors (Lipinski definition) is 12. The van der Waals surface area contributed by atoms with E-state index in [1.165, 1.54) is 33.0 Å². The molecule has 15 aromatic carbocycles. The molecule has 15 nitrogen and oxygen atoms in total. The predicted octanol–water partition coefficient (Wildman–Crippen LogP) is 32.0. The molecule has 0 aliphatic rings. The molecule has 26 rings (SSSR count). The largest absolute Gasteiger partial charge is 0.299 e. The number of benzene rings is 15. The Balaban J connectivity index is 0.000000118. The lowest BCUT2D eigenvalue weighted by molar-refractivity contribution is 1.07.